The zero-order chi connectivity index (χ0) is 22.6. The van der Waals surface area contributed by atoms with Crippen molar-refractivity contribution >= 4 is 16.9 Å². The van der Waals surface area contributed by atoms with E-state index in [0.717, 1.165) is 40.2 Å². The van der Waals surface area contributed by atoms with Gasteiger partial charge in [0.1, 0.15) is 18.6 Å². The number of carboxylic acids is 1. The van der Waals surface area contributed by atoms with Crippen LogP contribution in [0.4, 0.5) is 0 Å². The van der Waals surface area contributed by atoms with Gasteiger partial charge in [-0.25, -0.2) is 0 Å². The summed E-state index contributed by atoms with van der Waals surface area (Å²) < 4.78 is 13.1. The second kappa shape index (κ2) is 9.48. The van der Waals surface area contributed by atoms with Crippen LogP contribution in [0.25, 0.3) is 10.9 Å². The Morgan fingerprint density at radius 3 is 2.70 bits per heavy atom. The molecule has 1 aliphatic carbocycles. The number of fused-ring (bicyclic) bond motifs is 1. The number of carboxylic acid groups (broad SMARTS) is 1. The second-order valence-electron chi connectivity index (χ2n) is 8.80. The van der Waals surface area contributed by atoms with Gasteiger partial charge in [0.05, 0.1) is 23.8 Å². The average molecular weight is 446 g/mol. The Labute approximate surface area is 192 Å². The fraction of sp³-hybridized carbons (Fsp3) is 0.346. The number of carbonyl (C=O) groups is 1. The molecule has 0 saturated heterocycles. The van der Waals surface area contributed by atoms with Crippen LogP contribution in [0.1, 0.15) is 54.8 Å². The molecule has 2 aromatic heterocycles. The Morgan fingerprint density at radius 1 is 1.15 bits per heavy atom. The Balaban J connectivity index is 1.26. The molecule has 0 unspecified atom stereocenters. The van der Waals surface area contributed by atoms with Crippen molar-refractivity contribution < 1.29 is 19.2 Å². The molecule has 5 rings (SSSR count). The maximum atomic E-state index is 11.3. The van der Waals surface area contributed by atoms with Crippen LogP contribution < -0.4 is 4.74 Å². The number of benzene rings is 2. The van der Waals surface area contributed by atoms with E-state index in [1.54, 1.807) is 6.07 Å². The van der Waals surface area contributed by atoms with Crippen molar-refractivity contribution in [3.05, 3.63) is 77.8 Å². The highest BCUT2D eigenvalue weighted by molar-refractivity contribution is 5.79. The maximum Gasteiger partial charge on any atom is 0.304 e. The smallest absolute Gasteiger partial charge is 0.304 e. The van der Waals surface area contributed by atoms with Crippen molar-refractivity contribution in [3.8, 4) is 5.75 Å². The lowest BCUT2D eigenvalue weighted by atomic mass is 9.92. The molecule has 0 spiro atoms. The van der Waals surface area contributed by atoms with Gasteiger partial charge in [-0.3, -0.25) is 9.48 Å². The summed E-state index contributed by atoms with van der Waals surface area (Å²) in [5.41, 5.74) is 3.71. The molecule has 0 amide bonds. The normalized spacial score (nSPS) is 15.2. The van der Waals surface area contributed by atoms with Crippen LogP contribution in [0.3, 0.4) is 0 Å². The highest BCUT2D eigenvalue weighted by atomic mass is 16.5. The van der Waals surface area contributed by atoms with Crippen LogP contribution >= 0.6 is 0 Å². The molecule has 7 nitrogen and oxygen atoms in total. The van der Waals surface area contributed by atoms with Gasteiger partial charge in [0.25, 0.3) is 0 Å². The molecule has 2 aromatic carbocycles. The number of hydrogen-bond acceptors (Lipinski definition) is 5. The van der Waals surface area contributed by atoms with Crippen LogP contribution in [0, 0.1) is 5.92 Å². The lowest BCUT2D eigenvalue weighted by Crippen LogP contribution is -2.09. The predicted molar refractivity (Wildman–Crippen MR) is 123 cm³/mol. The van der Waals surface area contributed by atoms with Crippen molar-refractivity contribution in [2.75, 3.05) is 0 Å². The largest absolute Gasteiger partial charge is 0.489 e. The summed E-state index contributed by atoms with van der Waals surface area (Å²) in [6, 6.07) is 15.6. The molecular formula is C26H27N3O4. The van der Waals surface area contributed by atoms with Crippen molar-refractivity contribution in [2.45, 2.75) is 51.2 Å². The number of aromatic nitrogens is 3. The molecule has 2 heterocycles. The van der Waals surface area contributed by atoms with Crippen molar-refractivity contribution in [1.29, 1.82) is 0 Å². The van der Waals surface area contributed by atoms with Crippen LogP contribution in [0.2, 0.25) is 0 Å². The maximum absolute atomic E-state index is 11.3. The molecule has 7 heteroatoms. The van der Waals surface area contributed by atoms with Gasteiger partial charge < -0.3 is 14.4 Å². The minimum Gasteiger partial charge on any atom is -0.489 e. The lowest BCUT2D eigenvalue weighted by Gasteiger charge is -2.14. The fourth-order valence-electron chi connectivity index (χ4n) is 4.72. The third kappa shape index (κ3) is 4.92. The molecule has 0 radical (unpaired) electrons. The first-order chi connectivity index (χ1) is 16.2. The van der Waals surface area contributed by atoms with Gasteiger partial charge in [0.2, 0.25) is 0 Å². The number of nitrogens with zero attached hydrogens (tertiary/aromatic N) is 3. The Bertz CT molecular complexity index is 1210. The topological polar surface area (TPSA) is 90.4 Å². The van der Waals surface area contributed by atoms with Crippen LogP contribution in [0.5, 0.6) is 5.75 Å². The molecule has 33 heavy (non-hydrogen) atoms. The third-order valence-corrected chi connectivity index (χ3v) is 6.50. The fourth-order valence-corrected chi connectivity index (χ4v) is 4.72. The molecule has 4 aromatic rings. The zero-order valence-electron chi connectivity index (χ0n) is 18.4. The summed E-state index contributed by atoms with van der Waals surface area (Å²) in [7, 11) is 0. The van der Waals surface area contributed by atoms with E-state index >= 15 is 0 Å². The monoisotopic (exact) mass is 445 g/mol. The Morgan fingerprint density at radius 2 is 1.97 bits per heavy atom. The average Bonchev–Trinajstić information content (AvgIpc) is 3.60. The van der Waals surface area contributed by atoms with E-state index < -0.39 is 5.97 Å². The van der Waals surface area contributed by atoms with Crippen molar-refractivity contribution in [2.24, 2.45) is 5.92 Å². The van der Waals surface area contributed by atoms with Crippen LogP contribution in [-0.4, -0.2) is 26.0 Å². The van der Waals surface area contributed by atoms with E-state index in [1.165, 1.54) is 31.9 Å². The SMILES string of the molecule is O=C(O)C[C@@H](c1ccc(OCc2ccc3cnn(CC4CCCC4)c3c2)cc1)c1ccon1. The summed E-state index contributed by atoms with van der Waals surface area (Å²) >= 11 is 0. The highest BCUT2D eigenvalue weighted by Crippen LogP contribution is 2.29. The number of rotatable bonds is 9. The van der Waals surface area contributed by atoms with Crippen LogP contribution in [0.15, 0.2) is 65.5 Å². The number of ether oxygens (including phenoxy) is 1. The van der Waals surface area contributed by atoms with E-state index in [9.17, 15) is 9.90 Å². The highest BCUT2D eigenvalue weighted by Gasteiger charge is 2.21. The van der Waals surface area contributed by atoms with Gasteiger partial charge in [-0.2, -0.15) is 5.10 Å². The molecule has 0 aliphatic heterocycles. The zero-order valence-corrected chi connectivity index (χ0v) is 18.4. The van der Waals surface area contributed by atoms with Gasteiger partial charge in [0.15, 0.2) is 0 Å². The number of hydrogen-bond donors (Lipinski definition) is 1. The van der Waals surface area contributed by atoms with E-state index in [-0.39, 0.29) is 12.3 Å². The molecule has 1 fully saturated rings. The van der Waals surface area contributed by atoms with Gasteiger partial charge >= 0.3 is 5.97 Å². The molecule has 170 valence electrons. The molecular weight excluding hydrogens is 418 g/mol. The molecule has 1 atom stereocenters. The van der Waals surface area contributed by atoms with Gasteiger partial charge in [-0.15, -0.1) is 0 Å². The molecule has 1 N–H and O–H groups in total. The summed E-state index contributed by atoms with van der Waals surface area (Å²) in [6.07, 6.45) is 8.60. The summed E-state index contributed by atoms with van der Waals surface area (Å²) in [4.78, 5) is 11.3. The Kier molecular flexibility index (Phi) is 6.11. The summed E-state index contributed by atoms with van der Waals surface area (Å²) in [6.45, 7) is 1.43. The molecule has 0 bridgehead atoms. The first kappa shape index (κ1) is 21.2. The van der Waals surface area contributed by atoms with E-state index in [1.807, 2.05) is 30.5 Å². The third-order valence-electron chi connectivity index (χ3n) is 6.50. The summed E-state index contributed by atoms with van der Waals surface area (Å²) in [5, 5.41) is 19.0. The minimum atomic E-state index is -0.883. The Hall–Kier alpha value is -3.61. The minimum absolute atomic E-state index is 0.0543. The van der Waals surface area contributed by atoms with E-state index in [2.05, 4.69) is 33.1 Å². The number of aliphatic carboxylic acids is 1. The van der Waals surface area contributed by atoms with Crippen molar-refractivity contribution in [3.63, 3.8) is 0 Å². The van der Waals surface area contributed by atoms with E-state index in [0.29, 0.717) is 12.3 Å². The van der Waals surface area contributed by atoms with Gasteiger partial charge in [0, 0.05) is 23.9 Å². The molecule has 1 saturated carbocycles. The first-order valence-corrected chi connectivity index (χ1v) is 11.4. The van der Waals surface area contributed by atoms with Crippen molar-refractivity contribution in [1.82, 2.24) is 14.9 Å². The van der Waals surface area contributed by atoms with Gasteiger partial charge in [-0.05, 0) is 48.1 Å². The molecule has 1 aliphatic rings. The predicted octanol–water partition coefficient (Wildman–Crippen LogP) is 5.40. The summed E-state index contributed by atoms with van der Waals surface area (Å²) in [5.74, 6) is 0.213. The van der Waals surface area contributed by atoms with Gasteiger partial charge in [-0.1, -0.05) is 42.3 Å². The quantitative estimate of drug-likeness (QED) is 0.371. The first-order valence-electron chi connectivity index (χ1n) is 11.4. The standard InChI is InChI=1S/C26H27N3O4/c30-26(31)14-23(24-11-12-33-28-24)20-7-9-22(10-8-20)32-17-19-5-6-21-15-27-29(25(21)13-19)16-18-3-1-2-4-18/h5-13,15,18,23H,1-4,14,16-17H2,(H,30,31)/t23-/m0/s1. The van der Waals surface area contributed by atoms with E-state index in [4.69, 9.17) is 9.26 Å². The second-order valence-corrected chi connectivity index (χ2v) is 8.80. The van der Waals surface area contributed by atoms with Crippen LogP contribution in [-0.2, 0) is 17.9 Å². The lowest BCUT2D eigenvalue weighted by molar-refractivity contribution is -0.137.